The van der Waals surface area contributed by atoms with Gasteiger partial charge >= 0.3 is 6.03 Å². The Labute approximate surface area is 143 Å². The molecule has 3 amide bonds. The maximum Gasteiger partial charge on any atom is 0.326 e. The van der Waals surface area contributed by atoms with Crippen molar-refractivity contribution in [1.29, 1.82) is 0 Å². The standard InChI is InChI=1S/C16H19BrN2O4/c1-4-9(3)23-14-11(17)6-10(8-13(14)22-5-2)7-12-15(20)19-16(21)18-12/h6-9H,4-5H2,1-3H3,(H2,18,19,20,21)/b12-7+. The van der Waals surface area contributed by atoms with Crippen molar-refractivity contribution in [2.45, 2.75) is 33.3 Å². The Morgan fingerprint density at radius 3 is 2.57 bits per heavy atom. The normalized spacial score (nSPS) is 17.0. The predicted octanol–water partition coefficient (Wildman–Crippen LogP) is 3.21. The van der Waals surface area contributed by atoms with E-state index in [0.717, 1.165) is 10.9 Å². The minimum Gasteiger partial charge on any atom is -0.490 e. The van der Waals surface area contributed by atoms with Crippen LogP contribution in [0.1, 0.15) is 32.8 Å². The molecule has 2 N–H and O–H groups in total. The number of halogens is 1. The number of hydrogen-bond donors (Lipinski definition) is 2. The van der Waals surface area contributed by atoms with E-state index in [1.165, 1.54) is 0 Å². The largest absolute Gasteiger partial charge is 0.490 e. The molecule has 6 nitrogen and oxygen atoms in total. The molecule has 0 aliphatic carbocycles. The highest BCUT2D eigenvalue weighted by Crippen LogP contribution is 2.38. The lowest BCUT2D eigenvalue weighted by molar-refractivity contribution is -0.115. The second kappa shape index (κ2) is 7.50. The van der Waals surface area contributed by atoms with Crippen LogP contribution in [0.15, 0.2) is 22.3 Å². The first-order chi connectivity index (χ1) is 10.9. The highest BCUT2D eigenvalue weighted by molar-refractivity contribution is 9.10. The summed E-state index contributed by atoms with van der Waals surface area (Å²) in [6.07, 6.45) is 2.51. The fraction of sp³-hybridized carbons (Fsp3) is 0.375. The molecule has 1 aliphatic heterocycles. The van der Waals surface area contributed by atoms with Crippen LogP contribution in [-0.4, -0.2) is 24.6 Å². The van der Waals surface area contributed by atoms with E-state index < -0.39 is 11.9 Å². The molecule has 7 heteroatoms. The minimum atomic E-state index is -0.526. The van der Waals surface area contributed by atoms with E-state index in [9.17, 15) is 9.59 Å². The van der Waals surface area contributed by atoms with Gasteiger partial charge in [-0.15, -0.1) is 0 Å². The molecule has 2 rings (SSSR count). The second-order valence-corrected chi connectivity index (χ2v) is 5.92. The number of benzene rings is 1. The average molecular weight is 383 g/mol. The summed E-state index contributed by atoms with van der Waals surface area (Å²) in [7, 11) is 0. The lowest BCUT2D eigenvalue weighted by Gasteiger charge is -2.18. The third-order valence-electron chi connectivity index (χ3n) is 3.26. The predicted molar refractivity (Wildman–Crippen MR) is 90.3 cm³/mol. The van der Waals surface area contributed by atoms with Crippen LogP contribution in [0.25, 0.3) is 6.08 Å². The van der Waals surface area contributed by atoms with Gasteiger partial charge in [-0.3, -0.25) is 10.1 Å². The number of hydrogen-bond acceptors (Lipinski definition) is 4. The van der Waals surface area contributed by atoms with Gasteiger partial charge in [0.25, 0.3) is 5.91 Å². The first-order valence-corrected chi connectivity index (χ1v) is 8.20. The molecule has 1 aliphatic rings. The van der Waals surface area contributed by atoms with Crippen LogP contribution < -0.4 is 20.1 Å². The first kappa shape index (κ1) is 17.3. The SMILES string of the molecule is CCOc1cc(/C=C2/NC(=O)NC2=O)cc(Br)c1OC(C)CC. The Morgan fingerprint density at radius 2 is 2.00 bits per heavy atom. The molecule has 1 heterocycles. The van der Waals surface area contributed by atoms with E-state index in [-0.39, 0.29) is 11.8 Å². The van der Waals surface area contributed by atoms with Crippen molar-refractivity contribution in [1.82, 2.24) is 10.6 Å². The molecule has 1 unspecified atom stereocenters. The molecule has 0 bridgehead atoms. The number of carbonyl (C=O) groups excluding carboxylic acids is 2. The van der Waals surface area contributed by atoms with Crippen LogP contribution in [0.5, 0.6) is 11.5 Å². The van der Waals surface area contributed by atoms with Gasteiger partial charge in [0.1, 0.15) is 5.70 Å². The lowest BCUT2D eigenvalue weighted by Crippen LogP contribution is -2.22. The Hall–Kier alpha value is -2.02. The summed E-state index contributed by atoms with van der Waals surface area (Å²) in [6, 6.07) is 3.06. The number of nitrogens with one attached hydrogen (secondary N) is 2. The number of amides is 3. The number of carbonyl (C=O) groups is 2. The van der Waals surface area contributed by atoms with Crippen LogP contribution in [0, 0.1) is 0 Å². The zero-order valence-electron chi connectivity index (χ0n) is 13.2. The summed E-state index contributed by atoms with van der Waals surface area (Å²) >= 11 is 3.48. The van der Waals surface area contributed by atoms with E-state index in [2.05, 4.69) is 26.6 Å². The highest BCUT2D eigenvalue weighted by Gasteiger charge is 2.23. The number of ether oxygens (including phenoxy) is 2. The van der Waals surface area contributed by atoms with E-state index in [0.29, 0.717) is 23.7 Å². The fourth-order valence-electron chi connectivity index (χ4n) is 1.98. The van der Waals surface area contributed by atoms with E-state index in [4.69, 9.17) is 9.47 Å². The fourth-order valence-corrected chi connectivity index (χ4v) is 2.54. The molecule has 1 saturated heterocycles. The van der Waals surface area contributed by atoms with Crippen molar-refractivity contribution < 1.29 is 19.1 Å². The second-order valence-electron chi connectivity index (χ2n) is 5.07. The Bertz CT molecular complexity index is 658. The van der Waals surface area contributed by atoms with Gasteiger partial charge in [-0.2, -0.15) is 0 Å². The van der Waals surface area contributed by atoms with Gasteiger partial charge in [-0.25, -0.2) is 4.79 Å². The summed E-state index contributed by atoms with van der Waals surface area (Å²) in [4.78, 5) is 22.8. The Balaban J connectivity index is 2.37. The number of rotatable bonds is 6. The maximum absolute atomic E-state index is 11.6. The molecular weight excluding hydrogens is 364 g/mol. The quantitative estimate of drug-likeness (QED) is 0.584. The molecule has 0 aromatic heterocycles. The van der Waals surface area contributed by atoms with Crippen LogP contribution in [0.3, 0.4) is 0 Å². The van der Waals surface area contributed by atoms with Gasteiger partial charge in [-0.1, -0.05) is 6.92 Å². The van der Waals surface area contributed by atoms with Crippen molar-refractivity contribution >= 4 is 33.9 Å². The summed E-state index contributed by atoms with van der Waals surface area (Å²) in [6.45, 7) is 6.40. The Kier molecular flexibility index (Phi) is 5.65. The molecule has 0 saturated carbocycles. The molecule has 124 valence electrons. The highest BCUT2D eigenvalue weighted by atomic mass is 79.9. The molecule has 23 heavy (non-hydrogen) atoms. The zero-order valence-corrected chi connectivity index (χ0v) is 14.8. The monoisotopic (exact) mass is 382 g/mol. The molecule has 1 aromatic carbocycles. The van der Waals surface area contributed by atoms with E-state index >= 15 is 0 Å². The van der Waals surface area contributed by atoms with E-state index in [1.807, 2.05) is 26.8 Å². The van der Waals surface area contributed by atoms with Gasteiger partial charge in [0.15, 0.2) is 11.5 Å². The van der Waals surface area contributed by atoms with Crippen molar-refractivity contribution in [3.63, 3.8) is 0 Å². The van der Waals surface area contributed by atoms with Gasteiger partial charge in [0, 0.05) is 0 Å². The smallest absolute Gasteiger partial charge is 0.326 e. The van der Waals surface area contributed by atoms with Crippen LogP contribution in [0.4, 0.5) is 4.79 Å². The van der Waals surface area contributed by atoms with Gasteiger partial charge in [-0.05, 0) is 60.0 Å². The molecule has 0 radical (unpaired) electrons. The molecule has 0 spiro atoms. The minimum absolute atomic E-state index is 0.0506. The van der Waals surface area contributed by atoms with E-state index in [1.54, 1.807) is 12.1 Å². The molecular formula is C16H19BrN2O4. The molecule has 1 aromatic rings. The summed E-state index contributed by atoms with van der Waals surface area (Å²) in [5, 5.41) is 4.61. The van der Waals surface area contributed by atoms with Crippen LogP contribution in [-0.2, 0) is 4.79 Å². The zero-order chi connectivity index (χ0) is 17.0. The topological polar surface area (TPSA) is 76.7 Å². The number of imide groups is 1. The van der Waals surface area contributed by atoms with Crippen molar-refractivity contribution in [2.75, 3.05) is 6.61 Å². The van der Waals surface area contributed by atoms with Gasteiger partial charge in [0.05, 0.1) is 17.2 Å². The van der Waals surface area contributed by atoms with Crippen LogP contribution in [0.2, 0.25) is 0 Å². The summed E-state index contributed by atoms with van der Waals surface area (Å²) in [5.74, 6) is 0.756. The van der Waals surface area contributed by atoms with Crippen LogP contribution >= 0.6 is 15.9 Å². The van der Waals surface area contributed by atoms with Crippen molar-refractivity contribution in [2.24, 2.45) is 0 Å². The summed E-state index contributed by atoms with van der Waals surface area (Å²) in [5.41, 5.74) is 0.907. The Morgan fingerprint density at radius 1 is 1.26 bits per heavy atom. The molecule has 1 atom stereocenters. The summed E-state index contributed by atoms with van der Waals surface area (Å²) < 4.78 is 12.3. The molecule has 1 fully saturated rings. The van der Waals surface area contributed by atoms with Gasteiger partial charge in [0.2, 0.25) is 0 Å². The van der Waals surface area contributed by atoms with Crippen molar-refractivity contribution in [3.8, 4) is 11.5 Å². The first-order valence-electron chi connectivity index (χ1n) is 7.41. The average Bonchev–Trinajstić information content (AvgIpc) is 2.80. The number of urea groups is 1. The third-order valence-corrected chi connectivity index (χ3v) is 3.85. The van der Waals surface area contributed by atoms with Crippen molar-refractivity contribution in [3.05, 3.63) is 27.9 Å². The third kappa shape index (κ3) is 4.25. The maximum atomic E-state index is 11.6. The lowest BCUT2D eigenvalue weighted by atomic mass is 10.1. The van der Waals surface area contributed by atoms with Gasteiger partial charge < -0.3 is 14.8 Å².